The topological polar surface area (TPSA) is 146 Å². The minimum atomic E-state index is -0.894. The lowest BCUT2D eigenvalue weighted by molar-refractivity contribution is -0.118. The molecule has 1 aliphatic carbocycles. The van der Waals surface area contributed by atoms with Gasteiger partial charge in [-0.3, -0.25) is 14.9 Å². The van der Waals surface area contributed by atoms with Crippen molar-refractivity contribution in [1.29, 1.82) is 0 Å². The Morgan fingerprint density at radius 1 is 1.29 bits per heavy atom. The minimum Gasteiger partial charge on any atom is -0.370 e. The van der Waals surface area contributed by atoms with E-state index < -0.39 is 17.8 Å². The molecule has 1 heterocycles. The van der Waals surface area contributed by atoms with Crippen molar-refractivity contribution in [2.45, 2.75) is 36.9 Å². The molecule has 0 spiro atoms. The molecule has 0 bridgehead atoms. The van der Waals surface area contributed by atoms with E-state index in [0.29, 0.717) is 17.6 Å². The molecular formula is C11H16N6O3S. The number of urea groups is 1. The zero-order chi connectivity index (χ0) is 15.4. The number of thioether (sulfide) groups is 1. The van der Waals surface area contributed by atoms with E-state index in [1.54, 1.807) is 0 Å². The molecule has 1 saturated carbocycles. The van der Waals surface area contributed by atoms with Crippen LogP contribution >= 0.6 is 11.8 Å². The van der Waals surface area contributed by atoms with Crippen LogP contribution in [0.3, 0.4) is 0 Å². The molecule has 1 aromatic heterocycles. The van der Waals surface area contributed by atoms with Crippen LogP contribution in [-0.2, 0) is 16.1 Å². The summed E-state index contributed by atoms with van der Waals surface area (Å²) in [7, 11) is 0. The van der Waals surface area contributed by atoms with Gasteiger partial charge in [0.15, 0.2) is 5.16 Å². The van der Waals surface area contributed by atoms with Crippen LogP contribution in [0, 0.1) is 0 Å². The highest BCUT2D eigenvalue weighted by molar-refractivity contribution is 7.99. The normalized spacial score (nSPS) is 13.9. The summed E-state index contributed by atoms with van der Waals surface area (Å²) < 4.78 is 1.81. The molecule has 10 heteroatoms. The Hall–Kier alpha value is -2.10. The zero-order valence-electron chi connectivity index (χ0n) is 11.2. The number of hydrogen-bond acceptors (Lipinski definition) is 6. The predicted octanol–water partition coefficient (Wildman–Crippen LogP) is -0.682. The van der Waals surface area contributed by atoms with Crippen molar-refractivity contribution in [1.82, 2.24) is 20.1 Å². The summed E-state index contributed by atoms with van der Waals surface area (Å²) in [5.41, 5.74) is 10.0. The van der Waals surface area contributed by atoms with Crippen LogP contribution in [0.25, 0.3) is 0 Å². The van der Waals surface area contributed by atoms with Crippen LogP contribution < -0.4 is 16.8 Å². The smallest absolute Gasteiger partial charge is 0.318 e. The number of aromatic nitrogens is 3. The first kappa shape index (κ1) is 15.3. The van der Waals surface area contributed by atoms with Gasteiger partial charge in [0.25, 0.3) is 0 Å². The summed E-state index contributed by atoms with van der Waals surface area (Å²) in [4.78, 5) is 32.9. The fourth-order valence-electron chi connectivity index (χ4n) is 1.79. The highest BCUT2D eigenvalue weighted by Crippen LogP contribution is 2.40. The molecule has 5 N–H and O–H groups in total. The van der Waals surface area contributed by atoms with Gasteiger partial charge in [-0.05, 0) is 12.8 Å². The third-order valence-electron chi connectivity index (χ3n) is 2.86. The van der Waals surface area contributed by atoms with Crippen LogP contribution in [0.4, 0.5) is 4.79 Å². The molecule has 0 atom stereocenters. The Kier molecular flexibility index (Phi) is 4.78. The van der Waals surface area contributed by atoms with Gasteiger partial charge >= 0.3 is 6.03 Å². The highest BCUT2D eigenvalue weighted by atomic mass is 32.2. The fraction of sp³-hybridized carbons (Fsp3) is 0.545. The number of carbonyl (C=O) groups excluding carboxylic acids is 3. The van der Waals surface area contributed by atoms with Crippen molar-refractivity contribution in [3.63, 3.8) is 0 Å². The largest absolute Gasteiger partial charge is 0.370 e. The van der Waals surface area contributed by atoms with E-state index in [4.69, 9.17) is 11.5 Å². The maximum absolute atomic E-state index is 11.4. The second-order valence-electron chi connectivity index (χ2n) is 4.68. The average molecular weight is 312 g/mol. The van der Waals surface area contributed by atoms with Gasteiger partial charge in [0.2, 0.25) is 11.8 Å². The van der Waals surface area contributed by atoms with Crippen LogP contribution in [0.5, 0.6) is 0 Å². The standard InChI is InChI=1S/C11H16N6O3S/c12-7(18)3-4-17-9(6-1-2-6)15-16-11(17)21-5-8(19)14-10(13)20/h6H,1-5H2,(H2,12,18)(H3,13,14,19,20). The monoisotopic (exact) mass is 312 g/mol. The van der Waals surface area contributed by atoms with Crippen molar-refractivity contribution in [3.05, 3.63) is 5.82 Å². The molecule has 1 aromatic rings. The first-order valence-corrected chi connectivity index (χ1v) is 7.39. The van der Waals surface area contributed by atoms with Gasteiger partial charge < -0.3 is 16.0 Å². The molecule has 4 amide bonds. The van der Waals surface area contributed by atoms with Gasteiger partial charge in [-0.2, -0.15) is 0 Å². The maximum Gasteiger partial charge on any atom is 0.318 e. The quantitative estimate of drug-likeness (QED) is 0.568. The number of rotatable bonds is 7. The Morgan fingerprint density at radius 3 is 2.57 bits per heavy atom. The lowest BCUT2D eigenvalue weighted by Gasteiger charge is -2.08. The van der Waals surface area contributed by atoms with Crippen molar-refractivity contribution in [2.24, 2.45) is 11.5 Å². The van der Waals surface area contributed by atoms with E-state index in [1.807, 2.05) is 9.88 Å². The Morgan fingerprint density at radius 2 is 2.00 bits per heavy atom. The van der Waals surface area contributed by atoms with Gasteiger partial charge in [-0.15, -0.1) is 10.2 Å². The summed E-state index contributed by atoms with van der Waals surface area (Å²) in [5.74, 6) is 0.244. The number of hydrogen-bond donors (Lipinski definition) is 3. The third-order valence-corrected chi connectivity index (χ3v) is 3.83. The van der Waals surface area contributed by atoms with Crippen LogP contribution in [0.15, 0.2) is 5.16 Å². The van der Waals surface area contributed by atoms with Crippen LogP contribution in [-0.4, -0.2) is 38.4 Å². The first-order chi connectivity index (χ1) is 9.97. The molecule has 2 rings (SSSR count). The van der Waals surface area contributed by atoms with E-state index in [0.717, 1.165) is 30.4 Å². The summed E-state index contributed by atoms with van der Waals surface area (Å²) in [6.07, 6.45) is 2.27. The number of nitrogens with zero attached hydrogens (tertiary/aromatic N) is 3. The van der Waals surface area contributed by atoms with E-state index in [1.165, 1.54) is 0 Å². The van der Waals surface area contributed by atoms with Gasteiger partial charge in [0, 0.05) is 18.9 Å². The molecular weight excluding hydrogens is 296 g/mol. The molecule has 0 unspecified atom stereocenters. The summed E-state index contributed by atoms with van der Waals surface area (Å²) in [6.45, 7) is 0.383. The number of primary amides is 2. The molecule has 0 aromatic carbocycles. The zero-order valence-corrected chi connectivity index (χ0v) is 12.1. The molecule has 0 aliphatic heterocycles. The Balaban J connectivity index is 2.02. The van der Waals surface area contributed by atoms with E-state index in [-0.39, 0.29) is 12.2 Å². The molecule has 0 radical (unpaired) electrons. The predicted molar refractivity (Wildman–Crippen MR) is 74.3 cm³/mol. The SMILES string of the molecule is NC(=O)CCn1c(SCC(=O)NC(N)=O)nnc1C1CC1. The second-order valence-corrected chi connectivity index (χ2v) is 5.63. The van der Waals surface area contributed by atoms with E-state index in [9.17, 15) is 14.4 Å². The second kappa shape index (κ2) is 6.57. The first-order valence-electron chi connectivity index (χ1n) is 6.41. The van der Waals surface area contributed by atoms with Gasteiger partial charge in [-0.25, -0.2) is 4.79 Å². The maximum atomic E-state index is 11.4. The summed E-state index contributed by atoms with van der Waals surface area (Å²) in [5, 5.41) is 10.6. The van der Waals surface area contributed by atoms with Gasteiger partial charge in [0.1, 0.15) is 5.82 Å². The molecule has 114 valence electrons. The lowest BCUT2D eigenvalue weighted by atomic mass is 10.3. The van der Waals surface area contributed by atoms with Crippen molar-refractivity contribution in [3.8, 4) is 0 Å². The number of nitrogens with two attached hydrogens (primary N) is 2. The van der Waals surface area contributed by atoms with Crippen molar-refractivity contribution < 1.29 is 14.4 Å². The Labute approximate surface area is 124 Å². The molecule has 21 heavy (non-hydrogen) atoms. The van der Waals surface area contributed by atoms with Crippen molar-refractivity contribution in [2.75, 3.05) is 5.75 Å². The number of nitrogens with one attached hydrogen (secondary N) is 1. The molecule has 9 nitrogen and oxygen atoms in total. The molecule has 0 saturated heterocycles. The highest BCUT2D eigenvalue weighted by Gasteiger charge is 2.30. The van der Waals surface area contributed by atoms with Crippen LogP contribution in [0.1, 0.15) is 31.0 Å². The lowest BCUT2D eigenvalue weighted by Crippen LogP contribution is -2.36. The third kappa shape index (κ3) is 4.45. The van der Waals surface area contributed by atoms with Crippen LogP contribution in [0.2, 0.25) is 0 Å². The number of amides is 4. The van der Waals surface area contributed by atoms with Gasteiger partial charge in [0.05, 0.1) is 5.75 Å². The fourth-order valence-corrected chi connectivity index (χ4v) is 2.56. The van der Waals surface area contributed by atoms with Gasteiger partial charge in [-0.1, -0.05) is 11.8 Å². The minimum absolute atomic E-state index is 0.0116. The summed E-state index contributed by atoms with van der Waals surface area (Å²) in [6, 6.07) is -0.894. The Bertz CT molecular complexity index is 568. The van der Waals surface area contributed by atoms with E-state index in [2.05, 4.69) is 10.2 Å². The van der Waals surface area contributed by atoms with Crippen molar-refractivity contribution >= 4 is 29.6 Å². The number of imide groups is 1. The molecule has 1 fully saturated rings. The number of carbonyl (C=O) groups is 3. The summed E-state index contributed by atoms with van der Waals surface area (Å²) >= 11 is 1.13. The van der Waals surface area contributed by atoms with E-state index >= 15 is 0 Å². The molecule has 1 aliphatic rings. The average Bonchev–Trinajstić information content (AvgIpc) is 3.14.